The van der Waals surface area contributed by atoms with E-state index in [1.54, 1.807) is 10.9 Å². The first-order chi connectivity index (χ1) is 13.1. The smallest absolute Gasteiger partial charge is 0.229 e. The molecule has 5 rings (SSSR count). The van der Waals surface area contributed by atoms with Gasteiger partial charge in [0, 0.05) is 44.8 Å². The fraction of sp³-hybridized carbons (Fsp3) is 0.529. The second-order valence-electron chi connectivity index (χ2n) is 7.36. The van der Waals surface area contributed by atoms with E-state index in [-0.39, 0.29) is 5.60 Å². The molecule has 2 aliphatic rings. The van der Waals surface area contributed by atoms with Crippen LogP contribution in [0.25, 0.3) is 11.0 Å². The average Bonchev–Trinajstić information content (AvgIpc) is 3.38. The van der Waals surface area contributed by atoms with E-state index in [1.165, 1.54) is 17.1 Å². The Morgan fingerprint density at radius 2 is 2.19 bits per heavy atom. The van der Waals surface area contributed by atoms with E-state index in [0.29, 0.717) is 18.4 Å². The molecule has 0 bridgehead atoms. The fourth-order valence-electron chi connectivity index (χ4n) is 4.06. The summed E-state index contributed by atoms with van der Waals surface area (Å²) >= 11 is 1.50. The van der Waals surface area contributed by atoms with Crippen LogP contribution >= 0.6 is 11.5 Å². The predicted molar refractivity (Wildman–Crippen MR) is 104 cm³/mol. The Balaban J connectivity index is 1.36. The zero-order valence-electron chi connectivity index (χ0n) is 15.2. The van der Waals surface area contributed by atoms with Crippen LogP contribution in [-0.4, -0.2) is 67.4 Å². The highest BCUT2D eigenvalue weighted by atomic mass is 32.1. The van der Waals surface area contributed by atoms with Crippen molar-refractivity contribution in [3.8, 4) is 0 Å². The number of nitrogens with zero attached hydrogens (tertiary/aromatic N) is 7. The molecule has 1 spiro atoms. The van der Waals surface area contributed by atoms with Gasteiger partial charge in [-0.25, -0.2) is 4.37 Å². The van der Waals surface area contributed by atoms with Crippen molar-refractivity contribution in [2.45, 2.75) is 18.6 Å². The molecule has 1 unspecified atom stereocenters. The van der Waals surface area contributed by atoms with E-state index >= 15 is 0 Å². The lowest BCUT2D eigenvalue weighted by Gasteiger charge is -2.40. The number of nitrogens with two attached hydrogens (primary N) is 1. The number of nitrogen functional groups attached to an aromatic ring is 1. The predicted octanol–water partition coefficient (Wildman–Crippen LogP) is 0.883. The summed E-state index contributed by atoms with van der Waals surface area (Å²) in [6, 6.07) is 0. The summed E-state index contributed by atoms with van der Waals surface area (Å²) in [5.74, 6) is 1.13. The molecule has 0 aromatic carbocycles. The molecule has 3 aromatic heterocycles. The minimum atomic E-state index is -0.179. The van der Waals surface area contributed by atoms with Crippen LogP contribution in [0.4, 0.5) is 11.8 Å². The molecule has 10 heteroatoms. The molecule has 142 valence electrons. The highest BCUT2D eigenvalue weighted by Crippen LogP contribution is 2.32. The highest BCUT2D eigenvalue weighted by molar-refractivity contribution is 7.03. The van der Waals surface area contributed by atoms with Gasteiger partial charge in [-0.05, 0) is 23.5 Å². The molecule has 1 atom stereocenters. The number of aromatic nitrogens is 5. The third-order valence-corrected chi connectivity index (χ3v) is 6.06. The molecule has 0 saturated carbocycles. The molecule has 3 aromatic rings. The zero-order chi connectivity index (χ0) is 18.4. The maximum absolute atomic E-state index is 6.25. The maximum atomic E-state index is 6.25. The Bertz CT molecular complexity index is 957. The minimum absolute atomic E-state index is 0.179. The van der Waals surface area contributed by atoms with Crippen molar-refractivity contribution in [2.75, 3.05) is 43.4 Å². The van der Waals surface area contributed by atoms with Crippen molar-refractivity contribution in [1.29, 1.82) is 0 Å². The Morgan fingerprint density at radius 1 is 1.26 bits per heavy atom. The van der Waals surface area contributed by atoms with E-state index in [2.05, 4.69) is 29.6 Å². The van der Waals surface area contributed by atoms with Gasteiger partial charge in [0.15, 0.2) is 5.65 Å². The molecule has 0 amide bonds. The summed E-state index contributed by atoms with van der Waals surface area (Å²) in [6.45, 7) is 5.05. The van der Waals surface area contributed by atoms with Crippen LogP contribution in [0.1, 0.15) is 12.0 Å². The summed E-state index contributed by atoms with van der Waals surface area (Å²) in [5.41, 5.74) is 7.99. The quantitative estimate of drug-likeness (QED) is 0.708. The highest BCUT2D eigenvalue weighted by Gasteiger charge is 2.43. The van der Waals surface area contributed by atoms with Gasteiger partial charge in [-0.15, -0.1) is 0 Å². The normalized spacial score (nSPS) is 23.7. The molecule has 2 aliphatic heterocycles. The Kier molecular flexibility index (Phi) is 3.99. The maximum Gasteiger partial charge on any atom is 0.229 e. The van der Waals surface area contributed by atoms with E-state index in [1.807, 2.05) is 13.2 Å². The van der Waals surface area contributed by atoms with E-state index in [0.717, 1.165) is 50.2 Å². The molecule has 0 aliphatic carbocycles. The van der Waals surface area contributed by atoms with Crippen molar-refractivity contribution in [1.82, 2.24) is 29.0 Å². The van der Waals surface area contributed by atoms with Crippen molar-refractivity contribution in [3.63, 3.8) is 0 Å². The largest absolute Gasteiger partial charge is 0.383 e. The molecule has 27 heavy (non-hydrogen) atoms. The van der Waals surface area contributed by atoms with E-state index < -0.39 is 0 Å². The first kappa shape index (κ1) is 16.8. The van der Waals surface area contributed by atoms with Crippen LogP contribution in [0.5, 0.6) is 0 Å². The van der Waals surface area contributed by atoms with Crippen LogP contribution in [0.3, 0.4) is 0 Å². The first-order valence-electron chi connectivity index (χ1n) is 9.07. The van der Waals surface area contributed by atoms with E-state index in [9.17, 15) is 0 Å². The van der Waals surface area contributed by atoms with Crippen LogP contribution in [0.2, 0.25) is 0 Å². The molecule has 0 radical (unpaired) electrons. The number of anilines is 2. The summed E-state index contributed by atoms with van der Waals surface area (Å²) in [6.07, 6.45) is 4.66. The third-order valence-electron chi connectivity index (χ3n) is 5.43. The lowest BCUT2D eigenvalue weighted by molar-refractivity contribution is -0.0478. The van der Waals surface area contributed by atoms with Crippen molar-refractivity contribution in [2.24, 2.45) is 7.05 Å². The number of aryl methyl sites for hydroxylation is 1. The van der Waals surface area contributed by atoms with Gasteiger partial charge < -0.3 is 15.4 Å². The lowest BCUT2D eigenvalue weighted by Crippen LogP contribution is -2.53. The molecule has 2 fully saturated rings. The number of likely N-dealkylation sites (tertiary alicyclic amines) is 1. The second kappa shape index (κ2) is 6.39. The Labute approximate surface area is 160 Å². The van der Waals surface area contributed by atoms with Gasteiger partial charge in [-0.1, -0.05) is 0 Å². The minimum Gasteiger partial charge on any atom is -0.383 e. The molecule has 5 heterocycles. The number of hydrogen-bond donors (Lipinski definition) is 1. The monoisotopic (exact) mass is 386 g/mol. The fourth-order valence-corrected chi connectivity index (χ4v) is 4.59. The average molecular weight is 386 g/mol. The van der Waals surface area contributed by atoms with Gasteiger partial charge in [0.2, 0.25) is 5.95 Å². The van der Waals surface area contributed by atoms with E-state index in [4.69, 9.17) is 15.5 Å². The van der Waals surface area contributed by atoms with Gasteiger partial charge in [0.1, 0.15) is 5.82 Å². The van der Waals surface area contributed by atoms with Gasteiger partial charge in [-0.2, -0.15) is 15.1 Å². The number of morpholine rings is 1. The number of fused-ring (bicyclic) bond motifs is 1. The molecule has 2 saturated heterocycles. The lowest BCUT2D eigenvalue weighted by atomic mass is 10.0. The van der Waals surface area contributed by atoms with Crippen molar-refractivity contribution >= 4 is 34.3 Å². The standard InChI is InChI=1S/C17H22N8OS/c1-23-15-13(7-19-23)14(18)21-16(22-15)25-4-5-26-17(11-25)2-3-24(10-17)8-12-6-20-27-9-12/h6-7,9H,2-5,8,10-11H2,1H3,(H2,18,21,22). The van der Waals surface area contributed by atoms with Crippen LogP contribution in [0, 0.1) is 0 Å². The van der Waals surface area contributed by atoms with Gasteiger partial charge in [-0.3, -0.25) is 9.58 Å². The number of rotatable bonds is 3. The number of hydrogen-bond acceptors (Lipinski definition) is 9. The van der Waals surface area contributed by atoms with Gasteiger partial charge in [0.05, 0.1) is 30.3 Å². The summed E-state index contributed by atoms with van der Waals surface area (Å²) in [4.78, 5) is 13.9. The molecular formula is C17H22N8OS. The second-order valence-corrected chi connectivity index (χ2v) is 8.02. The molecular weight excluding hydrogens is 364 g/mol. The summed E-state index contributed by atoms with van der Waals surface area (Å²) in [5, 5.41) is 7.14. The number of ether oxygens (including phenoxy) is 1. The SMILES string of the molecule is Cn1ncc2c(N)nc(N3CCOC4(CCN(Cc5cnsc5)C4)C3)nc21. The molecule has 9 nitrogen and oxygen atoms in total. The summed E-state index contributed by atoms with van der Waals surface area (Å²) in [7, 11) is 1.87. The van der Waals surface area contributed by atoms with Gasteiger partial charge >= 0.3 is 0 Å². The van der Waals surface area contributed by atoms with Crippen molar-refractivity contribution < 1.29 is 4.74 Å². The third kappa shape index (κ3) is 3.03. The Morgan fingerprint density at radius 3 is 3.04 bits per heavy atom. The topological polar surface area (TPSA) is 98.2 Å². The molecule has 2 N–H and O–H groups in total. The van der Waals surface area contributed by atoms with Gasteiger partial charge in [0.25, 0.3) is 0 Å². The van der Waals surface area contributed by atoms with Crippen LogP contribution in [0.15, 0.2) is 17.8 Å². The summed E-state index contributed by atoms with van der Waals surface area (Å²) < 4.78 is 12.2. The zero-order valence-corrected chi connectivity index (χ0v) is 16.0. The van der Waals surface area contributed by atoms with Crippen LogP contribution < -0.4 is 10.6 Å². The van der Waals surface area contributed by atoms with Crippen LogP contribution in [-0.2, 0) is 18.3 Å². The van der Waals surface area contributed by atoms with Crippen molar-refractivity contribution in [3.05, 3.63) is 23.3 Å². The first-order valence-corrected chi connectivity index (χ1v) is 9.90. The Hall–Kier alpha value is -2.30.